The van der Waals surface area contributed by atoms with Crippen LogP contribution in [0.2, 0.25) is 0 Å². The lowest BCUT2D eigenvalue weighted by molar-refractivity contribution is 0.0986. The summed E-state index contributed by atoms with van der Waals surface area (Å²) in [4.78, 5) is 12.3. The first-order valence-electron chi connectivity index (χ1n) is 7.39. The van der Waals surface area contributed by atoms with Crippen molar-refractivity contribution in [3.63, 3.8) is 0 Å². The fraction of sp³-hybridized carbons (Fsp3) is 0.263. The molecule has 110 valence electrons. The standard InChI is InChI=1S/C19H17NO2/c1-12-7-8-17(19-16(21)9-13(2)18(12)19)22-11-15-6-4-3-5-14(15)10-20/h3-8,13H,9,11H2,1-2H3/t13-/m0/s1. The van der Waals surface area contributed by atoms with Gasteiger partial charge in [0, 0.05) is 12.0 Å². The lowest BCUT2D eigenvalue weighted by Gasteiger charge is -2.13. The van der Waals surface area contributed by atoms with Gasteiger partial charge in [0.1, 0.15) is 12.4 Å². The van der Waals surface area contributed by atoms with Crippen LogP contribution in [0.1, 0.15) is 51.9 Å². The molecule has 1 aliphatic carbocycles. The number of rotatable bonds is 3. The number of carbonyl (C=O) groups is 1. The molecule has 3 nitrogen and oxygen atoms in total. The van der Waals surface area contributed by atoms with E-state index in [2.05, 4.69) is 13.0 Å². The zero-order valence-corrected chi connectivity index (χ0v) is 12.7. The van der Waals surface area contributed by atoms with Gasteiger partial charge in [-0.1, -0.05) is 31.2 Å². The Morgan fingerprint density at radius 3 is 2.82 bits per heavy atom. The van der Waals surface area contributed by atoms with Crippen molar-refractivity contribution >= 4 is 5.78 Å². The van der Waals surface area contributed by atoms with Gasteiger partial charge in [0.2, 0.25) is 0 Å². The molecule has 2 aromatic rings. The van der Waals surface area contributed by atoms with Crippen molar-refractivity contribution in [2.45, 2.75) is 32.8 Å². The normalized spacial score (nSPS) is 16.2. The fourth-order valence-electron chi connectivity index (χ4n) is 3.14. The van der Waals surface area contributed by atoms with E-state index in [1.165, 1.54) is 0 Å². The highest BCUT2D eigenvalue weighted by Crippen LogP contribution is 2.40. The summed E-state index contributed by atoms with van der Waals surface area (Å²) >= 11 is 0. The third-order valence-corrected chi connectivity index (χ3v) is 4.21. The van der Waals surface area contributed by atoms with Crippen molar-refractivity contribution in [3.05, 3.63) is 64.2 Å². The number of ether oxygens (including phenoxy) is 1. The third-order valence-electron chi connectivity index (χ3n) is 4.21. The third kappa shape index (κ3) is 2.37. The van der Waals surface area contributed by atoms with E-state index >= 15 is 0 Å². The van der Waals surface area contributed by atoms with Gasteiger partial charge >= 0.3 is 0 Å². The van der Waals surface area contributed by atoms with Crippen LogP contribution in [-0.4, -0.2) is 5.78 Å². The monoisotopic (exact) mass is 291 g/mol. The fourth-order valence-corrected chi connectivity index (χ4v) is 3.14. The van der Waals surface area contributed by atoms with Crippen LogP contribution in [0, 0.1) is 18.3 Å². The van der Waals surface area contributed by atoms with Gasteiger partial charge in [-0.15, -0.1) is 0 Å². The zero-order chi connectivity index (χ0) is 15.7. The van der Waals surface area contributed by atoms with E-state index < -0.39 is 0 Å². The number of nitriles is 1. The molecule has 2 aromatic carbocycles. The average Bonchev–Trinajstić information content (AvgIpc) is 2.83. The second kappa shape index (κ2) is 5.65. The maximum atomic E-state index is 12.3. The maximum Gasteiger partial charge on any atom is 0.167 e. The minimum atomic E-state index is 0.148. The minimum Gasteiger partial charge on any atom is -0.488 e. The van der Waals surface area contributed by atoms with E-state index in [9.17, 15) is 4.79 Å². The molecule has 0 saturated carbocycles. The van der Waals surface area contributed by atoms with E-state index in [0.717, 1.165) is 22.3 Å². The molecule has 1 atom stereocenters. The molecule has 3 rings (SSSR count). The summed E-state index contributed by atoms with van der Waals surface area (Å²) in [6, 6.07) is 13.4. The lowest BCUT2D eigenvalue weighted by Crippen LogP contribution is -2.03. The summed E-state index contributed by atoms with van der Waals surface area (Å²) in [5.74, 6) is 1.02. The van der Waals surface area contributed by atoms with Gasteiger partial charge < -0.3 is 4.74 Å². The average molecular weight is 291 g/mol. The smallest absolute Gasteiger partial charge is 0.167 e. The summed E-state index contributed by atoms with van der Waals surface area (Å²) in [6.45, 7) is 4.40. The van der Waals surface area contributed by atoms with Gasteiger partial charge in [0.25, 0.3) is 0 Å². The number of benzene rings is 2. The van der Waals surface area contributed by atoms with Crippen molar-refractivity contribution in [2.75, 3.05) is 0 Å². The van der Waals surface area contributed by atoms with E-state index in [-0.39, 0.29) is 11.7 Å². The van der Waals surface area contributed by atoms with Gasteiger partial charge in [-0.05, 0) is 36.1 Å². The number of ketones is 1. The predicted molar refractivity (Wildman–Crippen MR) is 84.0 cm³/mol. The molecule has 0 spiro atoms. The van der Waals surface area contributed by atoms with Crippen LogP contribution in [0.3, 0.4) is 0 Å². The first kappa shape index (κ1) is 14.3. The Hall–Kier alpha value is -2.60. The van der Waals surface area contributed by atoms with Gasteiger partial charge in [-0.3, -0.25) is 4.79 Å². The highest BCUT2D eigenvalue weighted by atomic mass is 16.5. The highest BCUT2D eigenvalue weighted by Gasteiger charge is 2.31. The van der Waals surface area contributed by atoms with Crippen molar-refractivity contribution in [1.82, 2.24) is 0 Å². The van der Waals surface area contributed by atoms with Gasteiger partial charge in [-0.25, -0.2) is 0 Å². The molecule has 0 aromatic heterocycles. The van der Waals surface area contributed by atoms with Crippen molar-refractivity contribution in [2.24, 2.45) is 0 Å². The van der Waals surface area contributed by atoms with E-state index in [1.54, 1.807) is 6.07 Å². The molecule has 22 heavy (non-hydrogen) atoms. The molecule has 0 bridgehead atoms. The van der Waals surface area contributed by atoms with Crippen molar-refractivity contribution < 1.29 is 9.53 Å². The Labute approximate surface area is 130 Å². The Morgan fingerprint density at radius 1 is 1.27 bits per heavy atom. The molecule has 0 fully saturated rings. The number of hydrogen-bond acceptors (Lipinski definition) is 3. The number of carbonyl (C=O) groups excluding carboxylic acids is 1. The number of fused-ring (bicyclic) bond motifs is 1. The Kier molecular flexibility index (Phi) is 3.68. The molecule has 0 amide bonds. The summed E-state index contributed by atoms with van der Waals surface area (Å²) in [5, 5.41) is 9.12. The summed E-state index contributed by atoms with van der Waals surface area (Å²) in [6.07, 6.45) is 0.547. The van der Waals surface area contributed by atoms with Crippen LogP contribution in [0.5, 0.6) is 5.75 Å². The molecule has 0 unspecified atom stereocenters. The molecule has 1 aliphatic rings. The molecule has 3 heteroatoms. The molecule has 0 saturated heterocycles. The topological polar surface area (TPSA) is 50.1 Å². The minimum absolute atomic E-state index is 0.148. The summed E-state index contributed by atoms with van der Waals surface area (Å²) in [7, 11) is 0. The molecule has 0 aliphatic heterocycles. The Morgan fingerprint density at radius 2 is 2.05 bits per heavy atom. The van der Waals surface area contributed by atoms with Crippen LogP contribution in [0.15, 0.2) is 36.4 Å². The summed E-state index contributed by atoms with van der Waals surface area (Å²) < 4.78 is 5.88. The molecular weight excluding hydrogens is 274 g/mol. The van der Waals surface area contributed by atoms with Gasteiger partial charge in [-0.2, -0.15) is 5.26 Å². The number of aryl methyl sites for hydroxylation is 1. The Bertz CT molecular complexity index is 787. The van der Waals surface area contributed by atoms with Gasteiger partial charge in [0.05, 0.1) is 17.2 Å². The van der Waals surface area contributed by atoms with E-state index in [4.69, 9.17) is 10.00 Å². The SMILES string of the molecule is Cc1ccc(OCc2ccccc2C#N)c2c1[C@@H](C)CC2=O. The van der Waals surface area contributed by atoms with Crippen molar-refractivity contribution in [1.29, 1.82) is 5.26 Å². The van der Waals surface area contributed by atoms with E-state index in [0.29, 0.717) is 24.3 Å². The van der Waals surface area contributed by atoms with Crippen LogP contribution in [0.25, 0.3) is 0 Å². The second-order valence-electron chi connectivity index (χ2n) is 5.76. The largest absolute Gasteiger partial charge is 0.488 e. The van der Waals surface area contributed by atoms with Crippen LogP contribution in [0.4, 0.5) is 0 Å². The van der Waals surface area contributed by atoms with Crippen molar-refractivity contribution in [3.8, 4) is 11.8 Å². The van der Waals surface area contributed by atoms with E-state index in [1.807, 2.05) is 37.3 Å². The number of nitrogens with zero attached hydrogens (tertiary/aromatic N) is 1. The zero-order valence-electron chi connectivity index (χ0n) is 12.7. The molecular formula is C19H17NO2. The van der Waals surface area contributed by atoms with Crippen LogP contribution in [-0.2, 0) is 6.61 Å². The molecule has 0 N–H and O–H groups in total. The Balaban J connectivity index is 1.92. The quantitative estimate of drug-likeness (QED) is 0.854. The predicted octanol–water partition coefficient (Wildman–Crippen LogP) is 4.14. The number of Topliss-reactive ketones (excluding diaryl/α,β-unsaturated/α-hetero) is 1. The first-order chi connectivity index (χ1) is 10.6. The maximum absolute atomic E-state index is 12.3. The second-order valence-corrected chi connectivity index (χ2v) is 5.76. The molecule has 0 heterocycles. The highest BCUT2D eigenvalue weighted by molar-refractivity contribution is 6.04. The lowest BCUT2D eigenvalue weighted by atomic mass is 9.97. The number of hydrogen-bond donors (Lipinski definition) is 0. The summed E-state index contributed by atoms with van der Waals surface area (Å²) in [5.41, 5.74) is 4.40. The molecule has 0 radical (unpaired) electrons. The van der Waals surface area contributed by atoms with Crippen LogP contribution < -0.4 is 4.74 Å². The first-order valence-corrected chi connectivity index (χ1v) is 7.39. The van der Waals surface area contributed by atoms with Gasteiger partial charge in [0.15, 0.2) is 5.78 Å². The van der Waals surface area contributed by atoms with Crippen LogP contribution >= 0.6 is 0 Å².